The predicted octanol–water partition coefficient (Wildman–Crippen LogP) is 4.65. The molecule has 6 nitrogen and oxygen atoms in total. The Morgan fingerprint density at radius 1 is 0.771 bits per heavy atom. The third-order valence-electron chi connectivity index (χ3n) is 6.92. The molecule has 3 aliphatic heterocycles. The average molecular weight is 474 g/mol. The van der Waals surface area contributed by atoms with Gasteiger partial charge in [-0.2, -0.15) is 0 Å². The van der Waals surface area contributed by atoms with E-state index in [4.69, 9.17) is 24.5 Å². The topological polar surface area (TPSA) is 87.1 Å². The molecule has 0 amide bonds. The fraction of sp³-hybridized carbons (Fsp3) is 0.310. The van der Waals surface area contributed by atoms with E-state index in [0.717, 1.165) is 0 Å². The van der Waals surface area contributed by atoms with E-state index in [-0.39, 0.29) is 6.10 Å². The van der Waals surface area contributed by atoms with Crippen LogP contribution in [-0.2, 0) is 20.9 Å². The summed E-state index contributed by atoms with van der Waals surface area (Å²) in [7, 11) is 0. The standard InChI is InChI=1S/C27H29NO.C2H2O4/c1-4-10-21(11-5-1)20-29-27-24-16-18-28(19-17-24)26(27)25(22-12-6-2-7-13-22)23-14-8-3-9-15-23;3-1(4)2(5)6/h1-15,24-27H,16-20H2;(H,3,4)(H,5,6)/t26-,27-;/m1./s1. The maximum absolute atomic E-state index is 9.10. The molecular weight excluding hydrogens is 442 g/mol. The van der Waals surface area contributed by atoms with Crippen LogP contribution in [0.5, 0.6) is 0 Å². The van der Waals surface area contributed by atoms with Gasteiger partial charge < -0.3 is 14.9 Å². The smallest absolute Gasteiger partial charge is 0.414 e. The van der Waals surface area contributed by atoms with Gasteiger partial charge in [0.2, 0.25) is 0 Å². The molecule has 3 aromatic rings. The Morgan fingerprint density at radius 3 is 1.69 bits per heavy atom. The van der Waals surface area contributed by atoms with Gasteiger partial charge in [0.1, 0.15) is 0 Å². The summed E-state index contributed by atoms with van der Waals surface area (Å²) in [6, 6.07) is 33.0. The first kappa shape index (κ1) is 24.6. The van der Waals surface area contributed by atoms with E-state index in [9.17, 15) is 0 Å². The van der Waals surface area contributed by atoms with E-state index in [2.05, 4.69) is 95.9 Å². The fourth-order valence-electron chi connectivity index (χ4n) is 5.34. The van der Waals surface area contributed by atoms with Crippen LogP contribution >= 0.6 is 0 Å². The number of fused-ring (bicyclic) bond motifs is 3. The number of benzene rings is 3. The Kier molecular flexibility index (Phi) is 8.29. The molecule has 6 rings (SSSR count). The molecule has 3 aliphatic rings. The third kappa shape index (κ3) is 6.15. The van der Waals surface area contributed by atoms with Gasteiger partial charge in [-0.25, -0.2) is 9.59 Å². The molecule has 0 aromatic heterocycles. The van der Waals surface area contributed by atoms with E-state index in [0.29, 0.717) is 24.5 Å². The summed E-state index contributed by atoms with van der Waals surface area (Å²) in [5, 5.41) is 14.8. The number of aliphatic carboxylic acids is 2. The molecule has 0 aliphatic carbocycles. The van der Waals surface area contributed by atoms with Crippen LogP contribution in [0.25, 0.3) is 0 Å². The number of hydrogen-bond donors (Lipinski definition) is 2. The zero-order valence-electron chi connectivity index (χ0n) is 19.6. The van der Waals surface area contributed by atoms with Crippen LogP contribution in [-0.4, -0.2) is 52.3 Å². The van der Waals surface area contributed by atoms with Gasteiger partial charge in [0.05, 0.1) is 12.7 Å². The molecule has 3 heterocycles. The van der Waals surface area contributed by atoms with E-state index in [1.165, 1.54) is 42.6 Å². The minimum atomic E-state index is -1.82. The van der Waals surface area contributed by atoms with Crippen molar-refractivity contribution in [1.82, 2.24) is 4.90 Å². The molecule has 3 aromatic carbocycles. The van der Waals surface area contributed by atoms with Crippen LogP contribution in [0.2, 0.25) is 0 Å². The minimum Gasteiger partial charge on any atom is -0.473 e. The second kappa shape index (κ2) is 11.8. The van der Waals surface area contributed by atoms with Gasteiger partial charge in [-0.1, -0.05) is 91.0 Å². The normalized spacial score (nSPS) is 22.8. The maximum atomic E-state index is 9.10. The Morgan fingerprint density at radius 2 is 1.23 bits per heavy atom. The number of piperidine rings is 3. The van der Waals surface area contributed by atoms with E-state index < -0.39 is 11.9 Å². The van der Waals surface area contributed by atoms with Crippen LogP contribution < -0.4 is 0 Å². The van der Waals surface area contributed by atoms with Crippen molar-refractivity contribution in [2.75, 3.05) is 13.1 Å². The molecule has 35 heavy (non-hydrogen) atoms. The summed E-state index contributed by atoms with van der Waals surface area (Å²) >= 11 is 0. The number of carboxylic acid groups (broad SMARTS) is 2. The summed E-state index contributed by atoms with van der Waals surface area (Å²) in [4.78, 5) is 20.9. The Bertz CT molecular complexity index is 1030. The van der Waals surface area contributed by atoms with Crippen molar-refractivity contribution in [2.24, 2.45) is 5.92 Å². The van der Waals surface area contributed by atoms with E-state index >= 15 is 0 Å². The number of carboxylic acids is 2. The van der Waals surface area contributed by atoms with Crippen LogP contribution in [0.15, 0.2) is 91.0 Å². The molecule has 0 spiro atoms. The highest BCUT2D eigenvalue weighted by atomic mass is 16.5. The largest absolute Gasteiger partial charge is 0.473 e. The Labute approximate surface area is 205 Å². The zero-order chi connectivity index (χ0) is 24.6. The first-order valence-electron chi connectivity index (χ1n) is 12.0. The van der Waals surface area contributed by atoms with Crippen LogP contribution in [0.4, 0.5) is 0 Å². The summed E-state index contributed by atoms with van der Waals surface area (Å²) in [6.45, 7) is 3.08. The van der Waals surface area contributed by atoms with Crippen LogP contribution in [0.3, 0.4) is 0 Å². The minimum absolute atomic E-state index is 0.267. The number of rotatable bonds is 6. The Hall–Kier alpha value is -3.48. The predicted molar refractivity (Wildman–Crippen MR) is 133 cm³/mol. The highest BCUT2D eigenvalue weighted by Crippen LogP contribution is 2.43. The Balaban J connectivity index is 0.000000431. The summed E-state index contributed by atoms with van der Waals surface area (Å²) in [6.07, 6.45) is 2.78. The second-order valence-electron chi connectivity index (χ2n) is 9.03. The van der Waals surface area contributed by atoms with Crippen molar-refractivity contribution < 1.29 is 24.5 Å². The van der Waals surface area contributed by atoms with E-state index in [1.807, 2.05) is 0 Å². The lowest BCUT2D eigenvalue weighted by Crippen LogP contribution is -2.60. The number of hydrogen-bond acceptors (Lipinski definition) is 4. The number of ether oxygens (including phenoxy) is 1. The van der Waals surface area contributed by atoms with Crippen molar-refractivity contribution in [3.63, 3.8) is 0 Å². The van der Waals surface area contributed by atoms with Crippen molar-refractivity contribution in [3.05, 3.63) is 108 Å². The van der Waals surface area contributed by atoms with Gasteiger partial charge >= 0.3 is 11.9 Å². The van der Waals surface area contributed by atoms with Crippen molar-refractivity contribution >= 4 is 11.9 Å². The molecule has 182 valence electrons. The summed E-state index contributed by atoms with van der Waals surface area (Å²) in [5.41, 5.74) is 4.05. The van der Waals surface area contributed by atoms with Crippen molar-refractivity contribution in [1.29, 1.82) is 0 Å². The SMILES string of the molecule is O=C(O)C(=O)O.c1ccc(CO[C@@H]2C3CCN(CC3)[C@@H]2C(c2ccccc2)c2ccccc2)cc1. The monoisotopic (exact) mass is 473 g/mol. The molecule has 6 heteroatoms. The zero-order valence-corrected chi connectivity index (χ0v) is 19.6. The van der Waals surface area contributed by atoms with Gasteiger partial charge in [0.25, 0.3) is 0 Å². The molecule has 3 saturated heterocycles. The third-order valence-corrected chi connectivity index (χ3v) is 6.92. The van der Waals surface area contributed by atoms with Crippen molar-refractivity contribution in [3.8, 4) is 0 Å². The van der Waals surface area contributed by atoms with Gasteiger partial charge in [0.15, 0.2) is 0 Å². The van der Waals surface area contributed by atoms with Gasteiger partial charge in [0, 0.05) is 12.0 Å². The molecule has 0 radical (unpaired) electrons. The van der Waals surface area contributed by atoms with Crippen LogP contribution in [0, 0.1) is 5.92 Å². The molecule has 3 fully saturated rings. The maximum Gasteiger partial charge on any atom is 0.414 e. The van der Waals surface area contributed by atoms with Gasteiger partial charge in [-0.15, -0.1) is 0 Å². The lowest BCUT2D eigenvalue weighted by molar-refractivity contribution is -0.159. The first-order chi connectivity index (χ1) is 17.0. The number of nitrogens with zero attached hydrogens (tertiary/aromatic N) is 1. The quantitative estimate of drug-likeness (QED) is 0.507. The second-order valence-corrected chi connectivity index (χ2v) is 9.03. The molecular formula is C29H31NO5. The lowest BCUT2D eigenvalue weighted by Gasteiger charge is -2.53. The summed E-state index contributed by atoms with van der Waals surface area (Å²) < 4.78 is 6.70. The number of carbonyl (C=O) groups is 2. The highest BCUT2D eigenvalue weighted by Gasteiger charge is 2.47. The molecule has 0 unspecified atom stereocenters. The lowest BCUT2D eigenvalue weighted by atomic mass is 9.72. The average Bonchev–Trinajstić information content (AvgIpc) is 2.91. The molecule has 0 saturated carbocycles. The molecule has 2 bridgehead atoms. The summed E-state index contributed by atoms with van der Waals surface area (Å²) in [5.74, 6) is -2.66. The van der Waals surface area contributed by atoms with Gasteiger partial charge in [-0.3, -0.25) is 4.90 Å². The van der Waals surface area contributed by atoms with E-state index in [1.54, 1.807) is 0 Å². The van der Waals surface area contributed by atoms with Gasteiger partial charge in [-0.05, 0) is 48.5 Å². The van der Waals surface area contributed by atoms with Crippen molar-refractivity contribution in [2.45, 2.75) is 37.5 Å². The molecule has 2 atom stereocenters. The van der Waals surface area contributed by atoms with Crippen LogP contribution in [0.1, 0.15) is 35.4 Å². The first-order valence-corrected chi connectivity index (χ1v) is 12.0. The highest BCUT2D eigenvalue weighted by molar-refractivity contribution is 6.27. The fourth-order valence-corrected chi connectivity index (χ4v) is 5.34. The molecule has 2 N–H and O–H groups in total.